The Morgan fingerprint density at radius 2 is 1.97 bits per heavy atom. The number of carboxylic acid groups (broad SMARTS) is 1. The van der Waals surface area contributed by atoms with Crippen LogP contribution in [0.5, 0.6) is 0 Å². The molecule has 2 amide bonds. The minimum Gasteiger partial charge on any atom is -0.481 e. The molecule has 0 aromatic rings. The van der Waals surface area contributed by atoms with Crippen LogP contribution in [-0.4, -0.2) is 50.6 Å². The molecule has 8 atom stereocenters. The first-order valence-corrected chi connectivity index (χ1v) is 9.64. The van der Waals surface area contributed by atoms with Crippen LogP contribution in [0.15, 0.2) is 24.3 Å². The molecule has 4 fully saturated rings. The van der Waals surface area contributed by atoms with E-state index < -0.39 is 57.9 Å². The van der Waals surface area contributed by atoms with Crippen molar-refractivity contribution in [3.8, 4) is 0 Å². The normalized spacial score (nSPS) is 50.9. The first kappa shape index (κ1) is 19.9. The van der Waals surface area contributed by atoms with E-state index in [9.17, 15) is 24.9 Å². The van der Waals surface area contributed by atoms with Crippen LogP contribution in [0.25, 0.3) is 0 Å². The number of esters is 1. The Labute approximate surface area is 167 Å². The monoisotopic (exact) mass is 406 g/mol. The van der Waals surface area contributed by atoms with Crippen LogP contribution < -0.4 is 11.5 Å². The molecule has 5 aliphatic rings. The fourth-order valence-electron chi connectivity index (χ4n) is 7.13. The minimum absolute atomic E-state index is 0.180. The fourth-order valence-corrected chi connectivity index (χ4v) is 7.13. The highest BCUT2D eigenvalue weighted by atomic mass is 16.6. The Kier molecular flexibility index (Phi) is 3.85. The van der Waals surface area contributed by atoms with Gasteiger partial charge in [-0.1, -0.05) is 12.7 Å². The molecule has 4 aliphatic carbocycles. The van der Waals surface area contributed by atoms with E-state index in [1.165, 1.54) is 0 Å². The summed E-state index contributed by atoms with van der Waals surface area (Å²) in [6.45, 7) is 5.64. The number of aliphatic carboxylic acids is 1. The summed E-state index contributed by atoms with van der Waals surface area (Å²) in [6, 6.07) is -0.833. The SMILES string of the molecule is C=C1C[C@]23C[C@@]1(O)CC[C@H]2[C@@]12C=C[C@H](O)[C@@](C)(C(=O)O1)[C@H]2[C@@H]3C(=O)O.NC(N)=O. The number of rotatable bonds is 1. The van der Waals surface area contributed by atoms with Gasteiger partial charge in [0.25, 0.3) is 0 Å². The van der Waals surface area contributed by atoms with Crippen LogP contribution in [-0.2, 0) is 14.3 Å². The van der Waals surface area contributed by atoms with E-state index in [0.29, 0.717) is 31.3 Å². The van der Waals surface area contributed by atoms with Gasteiger partial charge in [0.2, 0.25) is 0 Å². The molecule has 29 heavy (non-hydrogen) atoms. The molecule has 7 N–H and O–H groups in total. The molecule has 4 bridgehead atoms. The van der Waals surface area contributed by atoms with E-state index >= 15 is 0 Å². The predicted octanol–water partition coefficient (Wildman–Crippen LogP) is 0.0509. The Hall–Kier alpha value is -2.39. The number of amides is 2. The molecule has 158 valence electrons. The topological polar surface area (TPSA) is 173 Å². The molecule has 1 spiro atoms. The van der Waals surface area contributed by atoms with Crippen molar-refractivity contribution in [2.45, 2.75) is 49.9 Å². The van der Waals surface area contributed by atoms with E-state index in [-0.39, 0.29) is 5.92 Å². The van der Waals surface area contributed by atoms with Crippen LogP contribution in [0.3, 0.4) is 0 Å². The predicted molar refractivity (Wildman–Crippen MR) is 98.9 cm³/mol. The number of primary amides is 2. The molecule has 1 heterocycles. The van der Waals surface area contributed by atoms with Crippen molar-refractivity contribution in [2.75, 3.05) is 0 Å². The lowest BCUT2D eigenvalue weighted by Gasteiger charge is -2.44. The lowest BCUT2D eigenvalue weighted by atomic mass is 9.61. The summed E-state index contributed by atoms with van der Waals surface area (Å²) in [5, 5.41) is 31.6. The molecule has 0 aromatic carbocycles. The van der Waals surface area contributed by atoms with E-state index in [1.54, 1.807) is 19.1 Å². The van der Waals surface area contributed by atoms with Gasteiger partial charge in [0, 0.05) is 11.8 Å². The van der Waals surface area contributed by atoms with Crippen LogP contribution in [0.4, 0.5) is 4.79 Å². The second-order valence-corrected chi connectivity index (χ2v) is 9.34. The maximum Gasteiger partial charge on any atom is 0.316 e. The molecule has 0 aromatic heterocycles. The second kappa shape index (κ2) is 5.60. The van der Waals surface area contributed by atoms with Crippen LogP contribution in [0.1, 0.15) is 32.6 Å². The van der Waals surface area contributed by atoms with Crippen molar-refractivity contribution < 1.29 is 34.4 Å². The average Bonchev–Trinajstić information content (AvgIpc) is 3.02. The maximum absolute atomic E-state index is 12.7. The van der Waals surface area contributed by atoms with Crippen molar-refractivity contribution in [1.29, 1.82) is 0 Å². The lowest BCUT2D eigenvalue weighted by Crippen LogP contribution is -2.50. The highest BCUT2D eigenvalue weighted by molar-refractivity contribution is 5.86. The number of fused-ring (bicyclic) bond motifs is 1. The number of carbonyl (C=O) groups excluding carboxylic acids is 2. The number of carboxylic acids is 1. The van der Waals surface area contributed by atoms with E-state index in [1.807, 2.05) is 0 Å². The van der Waals surface area contributed by atoms with Crippen LogP contribution in [0, 0.1) is 28.6 Å². The highest BCUT2D eigenvalue weighted by Crippen LogP contribution is 2.77. The third-order valence-electron chi connectivity index (χ3n) is 8.12. The number of urea groups is 1. The molecular formula is C20H26N2O7. The van der Waals surface area contributed by atoms with Crippen LogP contribution >= 0.6 is 0 Å². The van der Waals surface area contributed by atoms with Gasteiger partial charge in [0.05, 0.1) is 17.6 Å². The van der Waals surface area contributed by atoms with Gasteiger partial charge in [-0.3, -0.25) is 9.59 Å². The molecule has 1 saturated heterocycles. The third kappa shape index (κ3) is 2.14. The number of aliphatic hydroxyl groups is 2. The van der Waals surface area contributed by atoms with E-state index in [2.05, 4.69) is 18.0 Å². The molecule has 1 aliphatic heterocycles. The van der Waals surface area contributed by atoms with Gasteiger partial charge in [-0.05, 0) is 49.7 Å². The maximum atomic E-state index is 12.7. The molecule has 5 rings (SSSR count). The first-order chi connectivity index (χ1) is 13.3. The van der Waals surface area contributed by atoms with Gasteiger partial charge in [-0.2, -0.15) is 0 Å². The van der Waals surface area contributed by atoms with Crippen molar-refractivity contribution >= 4 is 18.0 Å². The zero-order chi connectivity index (χ0) is 21.6. The fraction of sp³-hybridized carbons (Fsp3) is 0.650. The van der Waals surface area contributed by atoms with Crippen molar-refractivity contribution in [1.82, 2.24) is 0 Å². The minimum atomic E-state index is -1.27. The number of ether oxygens (including phenoxy) is 1. The largest absolute Gasteiger partial charge is 0.481 e. The molecule has 0 unspecified atom stereocenters. The standard InChI is InChI=1S/C19H22O6.CH4N2O/c1-9-7-17-8-18(9,24)5-3-10(17)19-6-4-11(20)16(2,15(23)25-19)13(19)12(17)14(21)22;2-1(3)4/h4,6,10-13,20,24H,1,3,5,7-8H2,2H3,(H,21,22);(H4,2,3,4)/t10-,11+,12-,13-,16-,17+,18+,19-;/m1./s1. The molecule has 3 saturated carbocycles. The van der Waals surface area contributed by atoms with Crippen molar-refractivity contribution in [3.63, 3.8) is 0 Å². The number of hydrogen-bond donors (Lipinski definition) is 5. The van der Waals surface area contributed by atoms with E-state index in [4.69, 9.17) is 9.53 Å². The van der Waals surface area contributed by atoms with Gasteiger partial charge >= 0.3 is 18.0 Å². The van der Waals surface area contributed by atoms with Crippen molar-refractivity contribution in [2.24, 2.45) is 40.1 Å². The summed E-state index contributed by atoms with van der Waals surface area (Å²) in [5.41, 5.74) is 5.21. The zero-order valence-corrected chi connectivity index (χ0v) is 16.1. The summed E-state index contributed by atoms with van der Waals surface area (Å²) >= 11 is 0. The summed E-state index contributed by atoms with van der Waals surface area (Å²) in [4.78, 5) is 34.1. The lowest BCUT2D eigenvalue weighted by molar-refractivity contribution is -0.163. The average molecular weight is 406 g/mol. The number of hydrogen-bond acceptors (Lipinski definition) is 6. The van der Waals surface area contributed by atoms with Crippen LogP contribution in [0.2, 0.25) is 0 Å². The smallest absolute Gasteiger partial charge is 0.316 e. The van der Waals surface area contributed by atoms with E-state index in [0.717, 1.165) is 0 Å². The number of aliphatic hydroxyl groups excluding tert-OH is 1. The molecule has 9 heteroatoms. The Morgan fingerprint density at radius 1 is 1.34 bits per heavy atom. The Bertz CT molecular complexity index is 867. The quantitative estimate of drug-likeness (QED) is 0.302. The van der Waals surface area contributed by atoms with Gasteiger partial charge in [0.15, 0.2) is 0 Å². The highest BCUT2D eigenvalue weighted by Gasteiger charge is 2.83. The summed E-state index contributed by atoms with van der Waals surface area (Å²) in [7, 11) is 0. The Morgan fingerprint density at radius 3 is 2.55 bits per heavy atom. The molecule has 0 radical (unpaired) electrons. The third-order valence-corrected chi connectivity index (χ3v) is 8.12. The molecule has 9 nitrogen and oxygen atoms in total. The molecular weight excluding hydrogens is 380 g/mol. The second-order valence-electron chi connectivity index (χ2n) is 9.34. The first-order valence-electron chi connectivity index (χ1n) is 9.64. The Balaban J connectivity index is 0.000000472. The van der Waals surface area contributed by atoms with Gasteiger partial charge in [-0.25, -0.2) is 4.79 Å². The summed E-state index contributed by atoms with van der Waals surface area (Å²) < 4.78 is 5.87. The number of carbonyl (C=O) groups is 3. The van der Waals surface area contributed by atoms with Crippen molar-refractivity contribution in [3.05, 3.63) is 24.3 Å². The zero-order valence-electron chi connectivity index (χ0n) is 16.1. The summed E-state index contributed by atoms with van der Waals surface area (Å²) in [6.07, 6.45) is 4.11. The van der Waals surface area contributed by atoms with Gasteiger partial charge in [0.1, 0.15) is 11.0 Å². The number of nitrogens with two attached hydrogens (primary N) is 2. The van der Waals surface area contributed by atoms with Gasteiger partial charge in [-0.15, -0.1) is 0 Å². The van der Waals surface area contributed by atoms with Gasteiger partial charge < -0.3 is 31.5 Å². The summed E-state index contributed by atoms with van der Waals surface area (Å²) in [5.74, 6) is -3.18.